The summed E-state index contributed by atoms with van der Waals surface area (Å²) in [5.74, 6) is 0.943. The largest absolute Gasteiger partial charge is 0.378 e. The SMILES string of the molecule is O=C1C[C@@H](c2ccsc2)c2sc(N3CCOCC3)nc2N1. The number of nitrogens with one attached hydrogen (secondary N) is 1. The van der Waals surface area contributed by atoms with Crippen LogP contribution in [0.4, 0.5) is 10.9 Å². The van der Waals surface area contributed by atoms with Crippen LogP contribution in [-0.4, -0.2) is 37.2 Å². The summed E-state index contributed by atoms with van der Waals surface area (Å²) in [5.41, 5.74) is 1.22. The summed E-state index contributed by atoms with van der Waals surface area (Å²) in [5, 5.41) is 8.10. The molecule has 0 unspecified atom stereocenters. The highest BCUT2D eigenvalue weighted by molar-refractivity contribution is 7.16. The van der Waals surface area contributed by atoms with Crippen LogP contribution in [0.1, 0.15) is 22.8 Å². The molecule has 21 heavy (non-hydrogen) atoms. The highest BCUT2D eigenvalue weighted by Gasteiger charge is 2.31. The number of aromatic nitrogens is 1. The number of morpholine rings is 1. The van der Waals surface area contributed by atoms with Crippen molar-refractivity contribution in [2.75, 3.05) is 36.5 Å². The Bertz CT molecular complexity index is 647. The second kappa shape index (κ2) is 5.40. The number of anilines is 2. The maximum Gasteiger partial charge on any atom is 0.226 e. The van der Waals surface area contributed by atoms with Gasteiger partial charge in [0.1, 0.15) is 5.82 Å². The first-order chi connectivity index (χ1) is 10.3. The van der Waals surface area contributed by atoms with Gasteiger partial charge < -0.3 is 15.0 Å². The van der Waals surface area contributed by atoms with Crippen LogP contribution in [0.25, 0.3) is 0 Å². The van der Waals surface area contributed by atoms with Gasteiger partial charge in [-0.3, -0.25) is 4.79 Å². The Morgan fingerprint density at radius 2 is 2.24 bits per heavy atom. The Kier molecular flexibility index (Phi) is 3.40. The lowest BCUT2D eigenvalue weighted by Crippen LogP contribution is -2.36. The number of nitrogens with zero attached hydrogens (tertiary/aromatic N) is 2. The zero-order chi connectivity index (χ0) is 14.2. The zero-order valence-electron chi connectivity index (χ0n) is 11.4. The molecule has 0 spiro atoms. The van der Waals surface area contributed by atoms with Gasteiger partial charge >= 0.3 is 0 Å². The van der Waals surface area contributed by atoms with E-state index in [9.17, 15) is 4.79 Å². The van der Waals surface area contributed by atoms with Crippen molar-refractivity contribution < 1.29 is 9.53 Å². The molecule has 110 valence electrons. The van der Waals surface area contributed by atoms with Gasteiger partial charge in [0, 0.05) is 25.4 Å². The van der Waals surface area contributed by atoms with Gasteiger partial charge in [0.05, 0.1) is 18.1 Å². The van der Waals surface area contributed by atoms with Crippen molar-refractivity contribution >= 4 is 39.5 Å². The summed E-state index contributed by atoms with van der Waals surface area (Å²) in [6, 6.07) is 2.10. The first-order valence-electron chi connectivity index (χ1n) is 6.96. The molecule has 0 radical (unpaired) electrons. The van der Waals surface area contributed by atoms with Crippen LogP contribution >= 0.6 is 22.7 Å². The molecule has 0 aliphatic carbocycles. The molecule has 2 aromatic heterocycles. The molecule has 2 aliphatic heterocycles. The Balaban J connectivity index is 1.70. The summed E-state index contributed by atoms with van der Waals surface area (Å²) in [7, 11) is 0. The highest BCUT2D eigenvalue weighted by atomic mass is 32.1. The van der Waals surface area contributed by atoms with E-state index in [0.29, 0.717) is 6.42 Å². The van der Waals surface area contributed by atoms with E-state index in [2.05, 4.69) is 32.0 Å². The molecule has 4 heterocycles. The minimum absolute atomic E-state index is 0.0533. The van der Waals surface area contributed by atoms with E-state index >= 15 is 0 Å². The highest BCUT2D eigenvalue weighted by Crippen LogP contribution is 2.43. The lowest BCUT2D eigenvalue weighted by Gasteiger charge is -2.26. The number of thiazole rings is 1. The lowest BCUT2D eigenvalue weighted by molar-refractivity contribution is -0.116. The van der Waals surface area contributed by atoms with Crippen LogP contribution in [-0.2, 0) is 9.53 Å². The van der Waals surface area contributed by atoms with Crippen LogP contribution in [0, 0.1) is 0 Å². The number of ether oxygens (including phenoxy) is 1. The van der Waals surface area contributed by atoms with Gasteiger partial charge in [-0.15, -0.1) is 0 Å². The van der Waals surface area contributed by atoms with E-state index in [1.165, 1.54) is 10.4 Å². The fraction of sp³-hybridized carbons (Fsp3) is 0.429. The number of hydrogen-bond acceptors (Lipinski definition) is 6. The molecule has 4 rings (SSSR count). The van der Waals surface area contributed by atoms with E-state index in [1.54, 1.807) is 22.7 Å². The molecule has 7 heteroatoms. The number of amides is 1. The number of thiophene rings is 1. The topological polar surface area (TPSA) is 54.5 Å². The van der Waals surface area contributed by atoms with Gasteiger partial charge in [0.25, 0.3) is 0 Å². The van der Waals surface area contributed by atoms with Crippen molar-refractivity contribution in [3.63, 3.8) is 0 Å². The molecule has 2 aromatic rings. The van der Waals surface area contributed by atoms with Gasteiger partial charge in [-0.05, 0) is 22.4 Å². The average Bonchev–Trinajstić information content (AvgIpc) is 3.16. The number of carbonyl (C=O) groups is 1. The molecular weight excluding hydrogens is 306 g/mol. The third-order valence-corrected chi connectivity index (χ3v) is 5.76. The van der Waals surface area contributed by atoms with E-state index in [-0.39, 0.29) is 11.8 Å². The molecule has 5 nitrogen and oxygen atoms in total. The molecular formula is C14H15N3O2S2. The molecule has 1 atom stereocenters. The second-order valence-corrected chi connectivity index (χ2v) is 6.96. The third-order valence-electron chi connectivity index (χ3n) is 3.83. The normalized spacial score (nSPS) is 22.0. The minimum Gasteiger partial charge on any atom is -0.378 e. The predicted molar refractivity (Wildman–Crippen MR) is 84.6 cm³/mol. The molecule has 1 N–H and O–H groups in total. The minimum atomic E-state index is 0.0533. The summed E-state index contributed by atoms with van der Waals surface area (Å²) < 4.78 is 5.39. The molecule has 0 bridgehead atoms. The van der Waals surface area contributed by atoms with Crippen molar-refractivity contribution in [3.05, 3.63) is 27.3 Å². The predicted octanol–water partition coefficient (Wildman–Crippen LogP) is 2.52. The second-order valence-electron chi connectivity index (χ2n) is 5.17. The molecule has 1 amide bonds. The lowest BCUT2D eigenvalue weighted by atomic mass is 9.94. The van der Waals surface area contributed by atoms with Crippen molar-refractivity contribution in [2.45, 2.75) is 12.3 Å². The van der Waals surface area contributed by atoms with Crippen molar-refractivity contribution in [1.29, 1.82) is 0 Å². The molecule has 1 fully saturated rings. The van der Waals surface area contributed by atoms with Crippen molar-refractivity contribution in [3.8, 4) is 0 Å². The zero-order valence-corrected chi connectivity index (χ0v) is 13.0. The fourth-order valence-electron chi connectivity index (χ4n) is 2.74. The van der Waals surface area contributed by atoms with E-state index in [1.807, 2.05) is 0 Å². The van der Waals surface area contributed by atoms with Gasteiger partial charge in [0.2, 0.25) is 5.91 Å². The standard InChI is InChI=1S/C14H15N3O2S2/c18-11-7-10(9-1-6-20-8-9)12-13(15-11)16-14(21-12)17-2-4-19-5-3-17/h1,6,8,10H,2-5,7H2,(H,15,18)/t10-/m0/s1. The van der Waals surface area contributed by atoms with Crippen LogP contribution in [0.3, 0.4) is 0 Å². The van der Waals surface area contributed by atoms with Gasteiger partial charge in [-0.25, -0.2) is 4.98 Å². The van der Waals surface area contributed by atoms with E-state index < -0.39 is 0 Å². The van der Waals surface area contributed by atoms with Gasteiger partial charge in [-0.1, -0.05) is 11.3 Å². The van der Waals surface area contributed by atoms with Gasteiger partial charge in [-0.2, -0.15) is 11.3 Å². The maximum atomic E-state index is 11.9. The number of rotatable bonds is 2. The van der Waals surface area contributed by atoms with Crippen LogP contribution < -0.4 is 10.2 Å². The number of fused-ring (bicyclic) bond motifs is 1. The summed E-state index contributed by atoms with van der Waals surface area (Å²) in [4.78, 5) is 20.0. The fourth-order valence-corrected chi connectivity index (χ4v) is 4.65. The average molecular weight is 321 g/mol. The first-order valence-corrected chi connectivity index (χ1v) is 8.72. The molecule has 1 saturated heterocycles. The summed E-state index contributed by atoms with van der Waals surface area (Å²) in [6.45, 7) is 3.21. The first kappa shape index (κ1) is 13.2. The molecule has 0 saturated carbocycles. The van der Waals surface area contributed by atoms with Crippen molar-refractivity contribution in [2.24, 2.45) is 0 Å². The Morgan fingerprint density at radius 1 is 1.38 bits per heavy atom. The van der Waals surface area contributed by atoms with Crippen molar-refractivity contribution in [1.82, 2.24) is 4.98 Å². The Hall–Kier alpha value is -1.44. The summed E-state index contributed by atoms with van der Waals surface area (Å²) >= 11 is 3.37. The van der Waals surface area contributed by atoms with E-state index in [0.717, 1.165) is 37.3 Å². The maximum absolute atomic E-state index is 11.9. The van der Waals surface area contributed by atoms with Gasteiger partial charge in [0.15, 0.2) is 5.13 Å². The monoisotopic (exact) mass is 321 g/mol. The van der Waals surface area contributed by atoms with Crippen LogP contribution in [0.2, 0.25) is 0 Å². The van der Waals surface area contributed by atoms with E-state index in [4.69, 9.17) is 4.74 Å². The number of hydrogen-bond donors (Lipinski definition) is 1. The molecule has 2 aliphatic rings. The Morgan fingerprint density at radius 3 is 3.00 bits per heavy atom. The smallest absolute Gasteiger partial charge is 0.226 e. The third kappa shape index (κ3) is 2.45. The molecule has 0 aromatic carbocycles. The van der Waals surface area contributed by atoms with Crippen LogP contribution in [0.5, 0.6) is 0 Å². The number of carbonyl (C=O) groups excluding carboxylic acids is 1. The van der Waals surface area contributed by atoms with Crippen LogP contribution in [0.15, 0.2) is 16.8 Å². The Labute approximate surface area is 130 Å². The summed E-state index contributed by atoms with van der Waals surface area (Å²) in [6.07, 6.45) is 0.508. The quantitative estimate of drug-likeness (QED) is 0.923.